The molecule has 0 unspecified atom stereocenters. The second-order valence-corrected chi connectivity index (χ2v) is 7.13. The van der Waals surface area contributed by atoms with Gasteiger partial charge in [0.05, 0.1) is 5.57 Å². The van der Waals surface area contributed by atoms with E-state index in [0.717, 1.165) is 31.1 Å². The van der Waals surface area contributed by atoms with Gasteiger partial charge in [-0.05, 0) is 23.6 Å². The van der Waals surface area contributed by atoms with E-state index >= 15 is 0 Å². The van der Waals surface area contributed by atoms with Gasteiger partial charge in [0.15, 0.2) is 0 Å². The molecule has 0 bridgehead atoms. The second-order valence-electron chi connectivity index (χ2n) is 6.18. The second kappa shape index (κ2) is 6.37. The molecule has 2 amide bonds. The van der Waals surface area contributed by atoms with Crippen LogP contribution in [0.1, 0.15) is 4.88 Å². The topological polar surface area (TPSA) is 43.9 Å². The Bertz CT molecular complexity index is 822. The standard InChI is InChI=1S/C19H19N3O2S/c1-20-18(23)16(15-8-5-13-25-15)17(19(20)24)22-11-9-21(10-12-22)14-6-3-2-4-7-14/h2-8,13H,9-12H2,1H3. The molecule has 1 aromatic carbocycles. The molecule has 2 aliphatic heterocycles. The quantitative estimate of drug-likeness (QED) is 0.794. The molecule has 2 aliphatic rings. The number of para-hydroxylation sites is 1. The predicted molar refractivity (Wildman–Crippen MR) is 99.2 cm³/mol. The highest BCUT2D eigenvalue weighted by Gasteiger charge is 2.40. The zero-order valence-corrected chi connectivity index (χ0v) is 14.8. The molecule has 1 saturated heterocycles. The van der Waals surface area contributed by atoms with Crippen molar-refractivity contribution < 1.29 is 9.59 Å². The smallest absolute Gasteiger partial charge is 0.277 e. The van der Waals surface area contributed by atoms with Crippen LogP contribution in [-0.2, 0) is 9.59 Å². The molecule has 3 heterocycles. The number of amides is 2. The molecule has 5 nitrogen and oxygen atoms in total. The minimum Gasteiger partial charge on any atom is -0.368 e. The van der Waals surface area contributed by atoms with Gasteiger partial charge in [0.1, 0.15) is 5.70 Å². The SMILES string of the molecule is CN1C(=O)C(c2cccs2)=C(N2CCN(c3ccccc3)CC2)C1=O. The van der Waals surface area contributed by atoms with Crippen molar-refractivity contribution in [3.8, 4) is 0 Å². The van der Waals surface area contributed by atoms with Gasteiger partial charge in [0, 0.05) is 43.8 Å². The Hall–Kier alpha value is -2.60. The fraction of sp³-hybridized carbons (Fsp3) is 0.263. The van der Waals surface area contributed by atoms with Crippen LogP contribution >= 0.6 is 11.3 Å². The van der Waals surface area contributed by atoms with Crippen LogP contribution < -0.4 is 4.90 Å². The molecular formula is C19H19N3O2S. The van der Waals surface area contributed by atoms with E-state index in [1.165, 1.54) is 21.9 Å². The van der Waals surface area contributed by atoms with Crippen molar-refractivity contribution in [2.75, 3.05) is 38.1 Å². The number of carbonyl (C=O) groups is 2. The number of hydrogen-bond donors (Lipinski definition) is 0. The Morgan fingerprint density at radius 3 is 2.16 bits per heavy atom. The molecule has 2 aromatic rings. The predicted octanol–water partition coefficient (Wildman–Crippen LogP) is 2.28. The molecule has 4 rings (SSSR count). The summed E-state index contributed by atoms with van der Waals surface area (Å²) in [4.78, 5) is 31.7. The monoisotopic (exact) mass is 353 g/mol. The highest BCUT2D eigenvalue weighted by Crippen LogP contribution is 2.33. The van der Waals surface area contributed by atoms with Gasteiger partial charge in [0.2, 0.25) is 0 Å². The average molecular weight is 353 g/mol. The molecular weight excluding hydrogens is 334 g/mol. The van der Waals surface area contributed by atoms with Crippen molar-refractivity contribution in [3.63, 3.8) is 0 Å². The lowest BCUT2D eigenvalue weighted by atomic mass is 10.1. The molecule has 1 fully saturated rings. The summed E-state index contributed by atoms with van der Waals surface area (Å²) in [6.07, 6.45) is 0. The van der Waals surface area contributed by atoms with E-state index in [4.69, 9.17) is 0 Å². The lowest BCUT2D eigenvalue weighted by Gasteiger charge is -2.37. The van der Waals surface area contributed by atoms with Gasteiger partial charge in [-0.1, -0.05) is 24.3 Å². The summed E-state index contributed by atoms with van der Waals surface area (Å²) in [5, 5.41) is 1.93. The number of nitrogens with zero attached hydrogens (tertiary/aromatic N) is 3. The van der Waals surface area contributed by atoms with E-state index in [0.29, 0.717) is 11.3 Å². The van der Waals surface area contributed by atoms with Crippen molar-refractivity contribution in [1.29, 1.82) is 0 Å². The zero-order valence-electron chi connectivity index (χ0n) is 14.0. The van der Waals surface area contributed by atoms with E-state index < -0.39 is 0 Å². The Morgan fingerprint density at radius 1 is 0.840 bits per heavy atom. The van der Waals surface area contributed by atoms with E-state index in [9.17, 15) is 9.59 Å². The summed E-state index contributed by atoms with van der Waals surface area (Å²) in [7, 11) is 1.56. The maximum absolute atomic E-state index is 12.7. The number of likely N-dealkylation sites (N-methyl/N-ethyl adjacent to an activating group) is 1. The molecule has 0 spiro atoms. The first kappa shape index (κ1) is 15.9. The number of thiophene rings is 1. The number of anilines is 1. The van der Waals surface area contributed by atoms with E-state index in [2.05, 4.69) is 21.9 Å². The highest BCUT2D eigenvalue weighted by molar-refractivity contribution is 7.11. The summed E-state index contributed by atoms with van der Waals surface area (Å²) >= 11 is 1.50. The van der Waals surface area contributed by atoms with Crippen molar-refractivity contribution in [2.24, 2.45) is 0 Å². The molecule has 0 radical (unpaired) electrons. The van der Waals surface area contributed by atoms with Gasteiger partial charge in [0.25, 0.3) is 11.8 Å². The first-order valence-electron chi connectivity index (χ1n) is 8.32. The largest absolute Gasteiger partial charge is 0.368 e. The third-order valence-electron chi connectivity index (χ3n) is 4.75. The first-order chi connectivity index (χ1) is 12.2. The van der Waals surface area contributed by atoms with Gasteiger partial charge >= 0.3 is 0 Å². The van der Waals surface area contributed by atoms with Crippen LogP contribution in [0.3, 0.4) is 0 Å². The van der Waals surface area contributed by atoms with Gasteiger partial charge in [-0.15, -0.1) is 11.3 Å². The first-order valence-corrected chi connectivity index (χ1v) is 9.20. The fourth-order valence-electron chi connectivity index (χ4n) is 3.39. The summed E-state index contributed by atoms with van der Waals surface area (Å²) in [6.45, 7) is 3.12. The number of hydrogen-bond acceptors (Lipinski definition) is 5. The van der Waals surface area contributed by atoms with Crippen LogP contribution in [-0.4, -0.2) is 54.8 Å². The number of benzene rings is 1. The van der Waals surface area contributed by atoms with Gasteiger partial charge in [-0.2, -0.15) is 0 Å². The summed E-state index contributed by atoms with van der Waals surface area (Å²) in [5.41, 5.74) is 2.30. The van der Waals surface area contributed by atoms with Crippen LogP contribution in [0.25, 0.3) is 5.57 Å². The highest BCUT2D eigenvalue weighted by atomic mass is 32.1. The van der Waals surface area contributed by atoms with Crippen LogP contribution in [0.15, 0.2) is 53.5 Å². The molecule has 0 saturated carbocycles. The Balaban J connectivity index is 1.60. The molecule has 1 aromatic heterocycles. The summed E-state index contributed by atoms with van der Waals surface area (Å²) in [5.74, 6) is -0.394. The maximum atomic E-state index is 12.7. The third kappa shape index (κ3) is 2.72. The number of imide groups is 1. The number of piperazine rings is 1. The van der Waals surface area contributed by atoms with Crippen molar-refractivity contribution in [2.45, 2.75) is 0 Å². The minimum atomic E-state index is -0.201. The van der Waals surface area contributed by atoms with Crippen molar-refractivity contribution in [1.82, 2.24) is 9.80 Å². The number of rotatable bonds is 3. The van der Waals surface area contributed by atoms with Gasteiger partial charge in [-0.3, -0.25) is 14.5 Å². The lowest BCUT2D eigenvalue weighted by molar-refractivity contribution is -0.135. The fourth-order valence-corrected chi connectivity index (χ4v) is 4.15. The normalized spacial score (nSPS) is 18.5. The van der Waals surface area contributed by atoms with Crippen LogP contribution in [0.2, 0.25) is 0 Å². The van der Waals surface area contributed by atoms with E-state index in [-0.39, 0.29) is 11.8 Å². The summed E-state index contributed by atoms with van der Waals surface area (Å²) in [6, 6.07) is 14.1. The lowest BCUT2D eigenvalue weighted by Crippen LogP contribution is -2.47. The van der Waals surface area contributed by atoms with Crippen molar-refractivity contribution >= 4 is 34.4 Å². The molecule has 128 valence electrons. The minimum absolute atomic E-state index is 0.193. The zero-order chi connectivity index (χ0) is 17.4. The van der Waals surface area contributed by atoms with Crippen LogP contribution in [0, 0.1) is 0 Å². The van der Waals surface area contributed by atoms with Crippen LogP contribution in [0.4, 0.5) is 5.69 Å². The molecule has 0 N–H and O–H groups in total. The molecule has 0 atom stereocenters. The third-order valence-corrected chi connectivity index (χ3v) is 5.63. The Kier molecular flexibility index (Phi) is 4.05. The van der Waals surface area contributed by atoms with E-state index in [1.54, 1.807) is 7.05 Å². The Labute approximate surface area is 150 Å². The van der Waals surface area contributed by atoms with E-state index in [1.807, 2.05) is 35.7 Å². The summed E-state index contributed by atoms with van der Waals surface area (Å²) < 4.78 is 0. The Morgan fingerprint density at radius 2 is 1.52 bits per heavy atom. The average Bonchev–Trinajstić information content (AvgIpc) is 3.26. The van der Waals surface area contributed by atoms with Crippen LogP contribution in [0.5, 0.6) is 0 Å². The maximum Gasteiger partial charge on any atom is 0.277 e. The molecule has 25 heavy (non-hydrogen) atoms. The van der Waals surface area contributed by atoms with Gasteiger partial charge in [-0.25, -0.2) is 0 Å². The molecule has 6 heteroatoms. The molecule has 0 aliphatic carbocycles. The number of carbonyl (C=O) groups excluding carboxylic acids is 2. The van der Waals surface area contributed by atoms with Gasteiger partial charge < -0.3 is 9.80 Å². The van der Waals surface area contributed by atoms with Crippen molar-refractivity contribution in [3.05, 3.63) is 58.4 Å².